The Bertz CT molecular complexity index is 856. The highest BCUT2D eigenvalue weighted by Crippen LogP contribution is 2.31. The average molecular weight is 352 g/mol. The number of nitrogens with one attached hydrogen (secondary N) is 1. The van der Waals surface area contributed by atoms with Crippen molar-refractivity contribution in [3.8, 4) is 0 Å². The molecule has 4 rings (SSSR count). The lowest BCUT2D eigenvalue weighted by atomic mass is 9.87. The monoisotopic (exact) mass is 352 g/mol. The first kappa shape index (κ1) is 16.1. The molecule has 2 heterocycles. The van der Waals surface area contributed by atoms with Crippen molar-refractivity contribution in [1.82, 2.24) is 4.98 Å². The molecule has 0 bridgehead atoms. The van der Waals surface area contributed by atoms with Crippen molar-refractivity contribution in [2.45, 2.75) is 32.1 Å². The van der Waals surface area contributed by atoms with E-state index in [1.165, 1.54) is 30.6 Å². The van der Waals surface area contributed by atoms with Crippen molar-refractivity contribution in [1.29, 1.82) is 0 Å². The minimum atomic E-state index is -0.153. The largest absolute Gasteiger partial charge is 0.456 e. The normalized spacial score (nSPS) is 16.2. The highest BCUT2D eigenvalue weighted by molar-refractivity contribution is 7.13. The SMILES string of the molecule is O=C(Nc1nccs1)/C(=C/C1CCCCC1)c1cc2ccccc2o1. The predicted octanol–water partition coefficient (Wildman–Crippen LogP) is 5.49. The lowest BCUT2D eigenvalue weighted by Crippen LogP contribution is -2.15. The van der Waals surface area contributed by atoms with Crippen molar-refractivity contribution in [3.63, 3.8) is 0 Å². The van der Waals surface area contributed by atoms with Crippen LogP contribution in [-0.4, -0.2) is 10.9 Å². The molecule has 4 nitrogen and oxygen atoms in total. The van der Waals surface area contributed by atoms with Crippen LogP contribution < -0.4 is 5.32 Å². The van der Waals surface area contributed by atoms with Gasteiger partial charge in [-0.3, -0.25) is 10.1 Å². The fourth-order valence-electron chi connectivity index (χ4n) is 3.37. The minimum Gasteiger partial charge on any atom is -0.456 e. The summed E-state index contributed by atoms with van der Waals surface area (Å²) in [7, 11) is 0. The summed E-state index contributed by atoms with van der Waals surface area (Å²) in [4.78, 5) is 17.0. The van der Waals surface area contributed by atoms with Gasteiger partial charge in [0.2, 0.25) is 0 Å². The molecule has 1 aromatic carbocycles. The summed E-state index contributed by atoms with van der Waals surface area (Å²) in [5, 5.41) is 6.36. The first-order chi connectivity index (χ1) is 12.3. The number of carbonyl (C=O) groups excluding carboxylic acids is 1. The van der Waals surface area contributed by atoms with Crippen LogP contribution in [0.1, 0.15) is 37.9 Å². The Hall–Kier alpha value is -2.40. The second-order valence-electron chi connectivity index (χ2n) is 6.42. The summed E-state index contributed by atoms with van der Waals surface area (Å²) >= 11 is 1.41. The lowest BCUT2D eigenvalue weighted by Gasteiger charge is -2.19. The number of hydrogen-bond acceptors (Lipinski definition) is 4. The van der Waals surface area contributed by atoms with E-state index in [0.717, 1.165) is 23.8 Å². The second-order valence-corrected chi connectivity index (χ2v) is 7.31. The molecule has 1 fully saturated rings. The Morgan fingerprint density at radius 1 is 1.24 bits per heavy atom. The maximum Gasteiger partial charge on any atom is 0.260 e. The number of aromatic nitrogens is 1. The van der Waals surface area contributed by atoms with Gasteiger partial charge in [-0.25, -0.2) is 4.98 Å². The summed E-state index contributed by atoms with van der Waals surface area (Å²) in [5.41, 5.74) is 1.41. The predicted molar refractivity (Wildman–Crippen MR) is 102 cm³/mol. The number of benzene rings is 1. The second kappa shape index (κ2) is 7.23. The van der Waals surface area contributed by atoms with E-state index in [1.807, 2.05) is 35.7 Å². The van der Waals surface area contributed by atoms with Gasteiger partial charge in [0.1, 0.15) is 11.3 Å². The van der Waals surface area contributed by atoms with Crippen LogP contribution in [-0.2, 0) is 4.79 Å². The summed E-state index contributed by atoms with van der Waals surface area (Å²) in [6.45, 7) is 0. The number of carbonyl (C=O) groups is 1. The van der Waals surface area contributed by atoms with E-state index in [1.54, 1.807) is 6.20 Å². The smallest absolute Gasteiger partial charge is 0.260 e. The van der Waals surface area contributed by atoms with Crippen LogP contribution in [0.25, 0.3) is 16.5 Å². The molecule has 0 aliphatic heterocycles. The summed E-state index contributed by atoms with van der Waals surface area (Å²) in [6, 6.07) is 9.79. The fraction of sp³-hybridized carbons (Fsp3) is 0.300. The van der Waals surface area contributed by atoms with Crippen LogP contribution in [0.5, 0.6) is 0 Å². The van der Waals surface area contributed by atoms with Crippen LogP contribution in [0, 0.1) is 5.92 Å². The molecule has 0 unspecified atom stereocenters. The number of amides is 1. The standard InChI is InChI=1S/C20H20N2O2S/c23-19(22-20-21-10-11-25-20)16(12-14-6-2-1-3-7-14)18-13-15-8-4-5-9-17(15)24-18/h4-5,8-14H,1-3,6-7H2,(H,21,22,23)/b16-12+. The van der Waals surface area contributed by atoms with Crippen LogP contribution in [0.4, 0.5) is 5.13 Å². The molecular formula is C20H20N2O2S. The molecule has 5 heteroatoms. The van der Waals surface area contributed by atoms with E-state index < -0.39 is 0 Å². The van der Waals surface area contributed by atoms with Gasteiger partial charge in [0, 0.05) is 17.0 Å². The van der Waals surface area contributed by atoms with Crippen molar-refractivity contribution in [2.75, 3.05) is 5.32 Å². The topological polar surface area (TPSA) is 55.1 Å². The third-order valence-electron chi connectivity index (χ3n) is 4.64. The Kier molecular flexibility index (Phi) is 4.65. The first-order valence-corrected chi connectivity index (χ1v) is 9.59. The molecular weight excluding hydrogens is 332 g/mol. The van der Waals surface area contributed by atoms with E-state index in [-0.39, 0.29) is 5.91 Å². The van der Waals surface area contributed by atoms with Crippen molar-refractivity contribution >= 4 is 38.9 Å². The molecule has 1 amide bonds. The van der Waals surface area contributed by atoms with Gasteiger partial charge in [-0.1, -0.05) is 43.5 Å². The van der Waals surface area contributed by atoms with Crippen molar-refractivity contribution < 1.29 is 9.21 Å². The van der Waals surface area contributed by atoms with E-state index in [4.69, 9.17) is 4.42 Å². The Balaban J connectivity index is 1.69. The van der Waals surface area contributed by atoms with Crippen LogP contribution in [0.3, 0.4) is 0 Å². The number of hydrogen-bond donors (Lipinski definition) is 1. The maximum absolute atomic E-state index is 12.9. The van der Waals surface area contributed by atoms with Crippen LogP contribution >= 0.6 is 11.3 Å². The number of fused-ring (bicyclic) bond motifs is 1. The molecule has 1 aliphatic rings. The quantitative estimate of drug-likeness (QED) is 0.632. The molecule has 2 aromatic heterocycles. The van der Waals surface area contributed by atoms with Gasteiger partial charge in [0.25, 0.3) is 5.91 Å². The summed E-state index contributed by atoms with van der Waals surface area (Å²) in [5.74, 6) is 0.902. The van der Waals surface area contributed by atoms with Gasteiger partial charge >= 0.3 is 0 Å². The van der Waals surface area contributed by atoms with Gasteiger partial charge in [0.05, 0.1) is 5.57 Å². The van der Waals surface area contributed by atoms with Crippen molar-refractivity contribution in [2.24, 2.45) is 5.92 Å². The van der Waals surface area contributed by atoms with E-state index >= 15 is 0 Å². The highest BCUT2D eigenvalue weighted by Gasteiger charge is 2.21. The number of anilines is 1. The van der Waals surface area contributed by atoms with Gasteiger partial charge in [-0.2, -0.15) is 0 Å². The van der Waals surface area contributed by atoms with Gasteiger partial charge in [0.15, 0.2) is 5.13 Å². The van der Waals surface area contributed by atoms with Gasteiger partial charge in [-0.05, 0) is 30.9 Å². The Morgan fingerprint density at radius 2 is 2.08 bits per heavy atom. The lowest BCUT2D eigenvalue weighted by molar-refractivity contribution is -0.111. The van der Waals surface area contributed by atoms with Gasteiger partial charge in [-0.15, -0.1) is 11.3 Å². The van der Waals surface area contributed by atoms with E-state index in [2.05, 4.69) is 16.4 Å². The third-order valence-corrected chi connectivity index (χ3v) is 5.33. The molecule has 1 N–H and O–H groups in total. The molecule has 3 aromatic rings. The zero-order valence-electron chi connectivity index (χ0n) is 13.9. The Labute approximate surface area is 150 Å². The molecule has 128 valence electrons. The molecule has 0 radical (unpaired) electrons. The molecule has 1 saturated carbocycles. The number of para-hydroxylation sites is 1. The molecule has 1 aliphatic carbocycles. The maximum atomic E-state index is 12.9. The number of furan rings is 1. The highest BCUT2D eigenvalue weighted by atomic mass is 32.1. The molecule has 0 saturated heterocycles. The fourth-order valence-corrected chi connectivity index (χ4v) is 3.89. The molecule has 25 heavy (non-hydrogen) atoms. The average Bonchev–Trinajstić information content (AvgIpc) is 3.29. The zero-order chi connectivity index (χ0) is 17.1. The van der Waals surface area contributed by atoms with E-state index in [9.17, 15) is 4.79 Å². The number of allylic oxidation sites excluding steroid dienone is 1. The first-order valence-electron chi connectivity index (χ1n) is 8.71. The minimum absolute atomic E-state index is 0.153. The number of thiazole rings is 1. The summed E-state index contributed by atoms with van der Waals surface area (Å²) < 4.78 is 5.97. The number of rotatable bonds is 4. The summed E-state index contributed by atoms with van der Waals surface area (Å²) in [6.07, 6.45) is 9.79. The van der Waals surface area contributed by atoms with Crippen LogP contribution in [0.2, 0.25) is 0 Å². The molecule has 0 spiro atoms. The zero-order valence-corrected chi connectivity index (χ0v) is 14.7. The van der Waals surface area contributed by atoms with E-state index in [0.29, 0.717) is 22.4 Å². The van der Waals surface area contributed by atoms with Crippen molar-refractivity contribution in [3.05, 3.63) is 53.7 Å². The number of nitrogens with zero attached hydrogens (tertiary/aromatic N) is 1. The van der Waals surface area contributed by atoms with Gasteiger partial charge < -0.3 is 4.42 Å². The Morgan fingerprint density at radius 3 is 2.84 bits per heavy atom. The molecule has 0 atom stereocenters. The van der Waals surface area contributed by atoms with Crippen LogP contribution in [0.15, 0.2) is 52.4 Å². The third kappa shape index (κ3) is 3.66.